The van der Waals surface area contributed by atoms with Crippen molar-refractivity contribution in [1.29, 1.82) is 0 Å². The second kappa shape index (κ2) is 9.37. The third-order valence-electron chi connectivity index (χ3n) is 2.82. The molecule has 0 heterocycles. The molecule has 0 fully saturated rings. The van der Waals surface area contributed by atoms with E-state index in [0.717, 1.165) is 5.56 Å². The molecule has 1 aromatic carbocycles. The molecule has 5 nitrogen and oxygen atoms in total. The Morgan fingerprint density at radius 3 is 2.81 bits per heavy atom. The number of esters is 1. The number of nitrogens with zero attached hydrogens (tertiary/aromatic N) is 1. The molecule has 0 atom stereocenters. The summed E-state index contributed by atoms with van der Waals surface area (Å²) in [6, 6.07) is 7.40. The highest BCUT2D eigenvalue weighted by atomic mass is 35.5. The second-order valence-electron chi connectivity index (χ2n) is 4.61. The highest BCUT2D eigenvalue weighted by molar-refractivity contribution is 6.30. The lowest BCUT2D eigenvalue weighted by molar-refractivity contribution is -0.143. The quantitative estimate of drug-likeness (QED) is 0.588. The van der Waals surface area contributed by atoms with Crippen LogP contribution in [-0.4, -0.2) is 43.5 Å². The summed E-state index contributed by atoms with van der Waals surface area (Å²) >= 11 is 5.91. The summed E-state index contributed by atoms with van der Waals surface area (Å²) in [5.74, 6) is -0.302. The van der Waals surface area contributed by atoms with Gasteiger partial charge in [-0.3, -0.25) is 9.59 Å². The second-order valence-corrected chi connectivity index (χ2v) is 5.05. The van der Waals surface area contributed by atoms with Crippen LogP contribution in [0.3, 0.4) is 0 Å². The van der Waals surface area contributed by atoms with Crippen LogP contribution in [0.4, 0.5) is 0 Å². The Kier molecular flexibility index (Phi) is 7.79. The Morgan fingerprint density at radius 2 is 2.14 bits per heavy atom. The van der Waals surface area contributed by atoms with E-state index >= 15 is 0 Å². The van der Waals surface area contributed by atoms with Crippen LogP contribution in [-0.2, 0) is 20.9 Å². The van der Waals surface area contributed by atoms with Gasteiger partial charge in [0.25, 0.3) is 0 Å². The molecule has 1 N–H and O–H groups in total. The SMILES string of the molecule is CCOC(=O)CCNCC(=O)N(C)Cc1cccc(Cl)c1. The fraction of sp³-hybridized carbons (Fsp3) is 0.467. The molecule has 6 heteroatoms. The third kappa shape index (κ3) is 7.11. The van der Waals surface area contributed by atoms with Crippen molar-refractivity contribution in [3.63, 3.8) is 0 Å². The van der Waals surface area contributed by atoms with Crippen LogP contribution in [0.2, 0.25) is 5.02 Å². The summed E-state index contributed by atoms with van der Waals surface area (Å²) in [7, 11) is 1.73. The molecule has 1 amide bonds. The molecule has 1 rings (SSSR count). The average Bonchev–Trinajstić information content (AvgIpc) is 2.43. The molecule has 0 saturated heterocycles. The van der Waals surface area contributed by atoms with Crippen molar-refractivity contribution in [2.24, 2.45) is 0 Å². The number of halogens is 1. The fourth-order valence-electron chi connectivity index (χ4n) is 1.75. The van der Waals surface area contributed by atoms with Crippen molar-refractivity contribution in [2.45, 2.75) is 19.9 Å². The first-order chi connectivity index (χ1) is 10.0. The molecule has 0 aromatic heterocycles. The smallest absolute Gasteiger partial charge is 0.307 e. The minimum Gasteiger partial charge on any atom is -0.466 e. The first-order valence-corrected chi connectivity index (χ1v) is 7.25. The van der Waals surface area contributed by atoms with Crippen LogP contribution in [0.15, 0.2) is 24.3 Å². The number of rotatable bonds is 8. The summed E-state index contributed by atoms with van der Waals surface area (Å²) in [5, 5.41) is 3.59. The molecular formula is C15H21ClN2O3. The van der Waals surface area contributed by atoms with Gasteiger partial charge in [-0.2, -0.15) is 0 Å². The minimum absolute atomic E-state index is 0.0427. The molecule has 0 saturated carbocycles. The third-order valence-corrected chi connectivity index (χ3v) is 3.06. The molecule has 0 aliphatic rings. The van der Waals surface area contributed by atoms with Gasteiger partial charge in [-0.25, -0.2) is 0 Å². The lowest BCUT2D eigenvalue weighted by Crippen LogP contribution is -2.36. The predicted octanol–water partition coefficient (Wildman–Crippen LogP) is 1.84. The summed E-state index contributed by atoms with van der Waals surface area (Å²) in [4.78, 5) is 24.7. The molecule has 21 heavy (non-hydrogen) atoms. The summed E-state index contributed by atoms with van der Waals surface area (Å²) in [5.41, 5.74) is 0.977. The highest BCUT2D eigenvalue weighted by Gasteiger charge is 2.09. The Balaban J connectivity index is 2.27. The number of amides is 1. The number of benzene rings is 1. The van der Waals surface area contributed by atoms with E-state index in [0.29, 0.717) is 24.7 Å². The lowest BCUT2D eigenvalue weighted by atomic mass is 10.2. The maximum absolute atomic E-state index is 11.9. The monoisotopic (exact) mass is 312 g/mol. The van der Waals surface area contributed by atoms with Gasteiger partial charge < -0.3 is 15.0 Å². The van der Waals surface area contributed by atoms with E-state index in [1.54, 1.807) is 24.9 Å². The van der Waals surface area contributed by atoms with Crippen molar-refractivity contribution in [2.75, 3.05) is 26.7 Å². The maximum Gasteiger partial charge on any atom is 0.307 e. The van der Waals surface area contributed by atoms with Crippen molar-refractivity contribution in [3.05, 3.63) is 34.9 Å². The zero-order valence-corrected chi connectivity index (χ0v) is 13.2. The van der Waals surface area contributed by atoms with Crippen LogP contribution in [0.25, 0.3) is 0 Å². The van der Waals surface area contributed by atoms with Crippen molar-refractivity contribution < 1.29 is 14.3 Å². The number of carbonyl (C=O) groups excluding carboxylic acids is 2. The Bertz CT molecular complexity index is 480. The van der Waals surface area contributed by atoms with Gasteiger partial charge in [-0.05, 0) is 24.6 Å². The van der Waals surface area contributed by atoms with Gasteiger partial charge in [0.2, 0.25) is 5.91 Å². The summed E-state index contributed by atoms with van der Waals surface area (Å²) in [6.45, 7) is 3.25. The standard InChI is InChI=1S/C15H21ClN2O3/c1-3-21-15(20)7-8-17-10-14(19)18(2)11-12-5-4-6-13(16)9-12/h4-6,9,17H,3,7-8,10-11H2,1-2H3. The zero-order chi connectivity index (χ0) is 15.7. The molecule has 0 aliphatic carbocycles. The summed E-state index contributed by atoms with van der Waals surface area (Å²) < 4.78 is 4.80. The van der Waals surface area contributed by atoms with Crippen LogP contribution in [0, 0.1) is 0 Å². The molecule has 116 valence electrons. The van der Waals surface area contributed by atoms with E-state index < -0.39 is 0 Å². The zero-order valence-electron chi connectivity index (χ0n) is 12.4. The van der Waals surface area contributed by atoms with Crippen LogP contribution in [0.1, 0.15) is 18.9 Å². The Hall–Kier alpha value is -1.59. The van der Waals surface area contributed by atoms with Crippen LogP contribution < -0.4 is 5.32 Å². The minimum atomic E-state index is -0.260. The van der Waals surface area contributed by atoms with Gasteiger partial charge in [0.1, 0.15) is 0 Å². The van der Waals surface area contributed by atoms with E-state index in [2.05, 4.69) is 5.32 Å². The first-order valence-electron chi connectivity index (χ1n) is 6.87. The number of carbonyl (C=O) groups is 2. The average molecular weight is 313 g/mol. The fourth-order valence-corrected chi connectivity index (χ4v) is 1.96. The summed E-state index contributed by atoms with van der Waals surface area (Å²) in [6.07, 6.45) is 0.263. The molecule has 0 radical (unpaired) electrons. The van der Waals surface area contributed by atoms with Gasteiger partial charge in [-0.1, -0.05) is 23.7 Å². The van der Waals surface area contributed by atoms with E-state index in [1.807, 2.05) is 18.2 Å². The first kappa shape index (κ1) is 17.5. The molecular weight excluding hydrogens is 292 g/mol. The molecule has 0 unspecified atom stereocenters. The topological polar surface area (TPSA) is 58.6 Å². The number of hydrogen-bond donors (Lipinski definition) is 1. The van der Waals surface area contributed by atoms with E-state index in [-0.39, 0.29) is 24.8 Å². The number of likely N-dealkylation sites (N-methyl/N-ethyl adjacent to an activating group) is 1. The van der Waals surface area contributed by atoms with Crippen LogP contribution >= 0.6 is 11.6 Å². The van der Waals surface area contributed by atoms with Gasteiger partial charge in [-0.15, -0.1) is 0 Å². The number of hydrogen-bond acceptors (Lipinski definition) is 4. The van der Waals surface area contributed by atoms with Gasteiger partial charge in [0.05, 0.1) is 19.6 Å². The van der Waals surface area contributed by atoms with E-state index in [1.165, 1.54) is 0 Å². The molecule has 1 aromatic rings. The number of nitrogens with one attached hydrogen (secondary N) is 1. The van der Waals surface area contributed by atoms with Gasteiger partial charge in [0, 0.05) is 25.2 Å². The van der Waals surface area contributed by atoms with Crippen LogP contribution in [0.5, 0.6) is 0 Å². The van der Waals surface area contributed by atoms with Crippen molar-refractivity contribution in [1.82, 2.24) is 10.2 Å². The van der Waals surface area contributed by atoms with Gasteiger partial charge >= 0.3 is 5.97 Å². The number of ether oxygens (including phenoxy) is 1. The van der Waals surface area contributed by atoms with Gasteiger partial charge in [0.15, 0.2) is 0 Å². The lowest BCUT2D eigenvalue weighted by Gasteiger charge is -2.17. The molecule has 0 bridgehead atoms. The Labute approximate surface area is 130 Å². The predicted molar refractivity (Wildman–Crippen MR) is 82.0 cm³/mol. The maximum atomic E-state index is 11.9. The largest absolute Gasteiger partial charge is 0.466 e. The highest BCUT2D eigenvalue weighted by Crippen LogP contribution is 2.12. The Morgan fingerprint density at radius 1 is 1.38 bits per heavy atom. The van der Waals surface area contributed by atoms with Crippen molar-refractivity contribution >= 4 is 23.5 Å². The molecule has 0 aliphatic heterocycles. The molecule has 0 spiro atoms. The van der Waals surface area contributed by atoms with Crippen molar-refractivity contribution in [3.8, 4) is 0 Å². The van der Waals surface area contributed by atoms with E-state index in [9.17, 15) is 9.59 Å². The van der Waals surface area contributed by atoms with E-state index in [4.69, 9.17) is 16.3 Å². The normalized spacial score (nSPS) is 10.2.